The molecular formula is C9H8ClF3N2O2. The first-order chi connectivity index (χ1) is 7.84. The Hall–Kier alpha value is -1.37. The number of hydrogen-bond donors (Lipinski definition) is 0. The van der Waals surface area contributed by atoms with Gasteiger partial charge >= 0.3 is 12.1 Å². The van der Waals surface area contributed by atoms with Gasteiger partial charge in [0.15, 0.2) is 0 Å². The van der Waals surface area contributed by atoms with Gasteiger partial charge in [0.25, 0.3) is 0 Å². The lowest BCUT2D eigenvalue weighted by molar-refractivity contribution is -0.145. The molecule has 0 aliphatic carbocycles. The molecular weight excluding hydrogens is 261 g/mol. The molecule has 0 saturated carbocycles. The van der Waals surface area contributed by atoms with E-state index in [-0.39, 0.29) is 18.6 Å². The largest absolute Gasteiger partial charge is 0.466 e. The molecule has 94 valence electrons. The van der Waals surface area contributed by atoms with Crippen LogP contribution in [0.2, 0.25) is 5.15 Å². The quantitative estimate of drug-likeness (QED) is 0.623. The standard InChI is InChI=1S/C9H8ClF3N2O2/c1-2-17-6(16)3-5-4-14-8(9(11,12)13)15-7(5)10/h4H,2-3H2,1H3. The van der Waals surface area contributed by atoms with Gasteiger partial charge in [-0.25, -0.2) is 9.97 Å². The number of alkyl halides is 3. The van der Waals surface area contributed by atoms with E-state index in [2.05, 4.69) is 14.7 Å². The molecule has 17 heavy (non-hydrogen) atoms. The van der Waals surface area contributed by atoms with Crippen LogP contribution >= 0.6 is 11.6 Å². The zero-order valence-electron chi connectivity index (χ0n) is 8.71. The van der Waals surface area contributed by atoms with Crippen molar-refractivity contribution in [2.75, 3.05) is 6.61 Å². The van der Waals surface area contributed by atoms with Crippen LogP contribution in [0.3, 0.4) is 0 Å². The first-order valence-corrected chi connectivity index (χ1v) is 4.96. The Morgan fingerprint density at radius 3 is 2.65 bits per heavy atom. The number of rotatable bonds is 3. The van der Waals surface area contributed by atoms with Gasteiger partial charge in [-0.3, -0.25) is 4.79 Å². The van der Waals surface area contributed by atoms with Crippen molar-refractivity contribution in [3.8, 4) is 0 Å². The normalized spacial score (nSPS) is 11.4. The van der Waals surface area contributed by atoms with E-state index in [4.69, 9.17) is 11.6 Å². The molecule has 0 aliphatic heterocycles. The van der Waals surface area contributed by atoms with Crippen LogP contribution < -0.4 is 0 Å². The topological polar surface area (TPSA) is 52.1 Å². The lowest BCUT2D eigenvalue weighted by Gasteiger charge is -2.07. The Morgan fingerprint density at radius 2 is 2.18 bits per heavy atom. The number of hydrogen-bond acceptors (Lipinski definition) is 4. The smallest absolute Gasteiger partial charge is 0.451 e. The van der Waals surface area contributed by atoms with Gasteiger partial charge in [-0.15, -0.1) is 0 Å². The Balaban J connectivity index is 2.87. The van der Waals surface area contributed by atoms with Gasteiger partial charge in [0.05, 0.1) is 13.0 Å². The summed E-state index contributed by atoms with van der Waals surface area (Å²) >= 11 is 5.52. The summed E-state index contributed by atoms with van der Waals surface area (Å²) in [7, 11) is 0. The minimum Gasteiger partial charge on any atom is -0.466 e. The van der Waals surface area contributed by atoms with Crippen molar-refractivity contribution >= 4 is 17.6 Å². The van der Waals surface area contributed by atoms with Gasteiger partial charge in [-0.1, -0.05) is 11.6 Å². The van der Waals surface area contributed by atoms with Crippen LogP contribution in [-0.2, 0) is 22.1 Å². The maximum atomic E-state index is 12.2. The second kappa shape index (κ2) is 5.31. The van der Waals surface area contributed by atoms with Crippen LogP contribution in [0.15, 0.2) is 6.20 Å². The Bertz CT molecular complexity index is 423. The number of carbonyl (C=O) groups is 1. The number of halogens is 4. The molecule has 0 N–H and O–H groups in total. The molecule has 8 heteroatoms. The van der Waals surface area contributed by atoms with Crippen LogP contribution in [0.5, 0.6) is 0 Å². The average Bonchev–Trinajstić information content (AvgIpc) is 2.20. The van der Waals surface area contributed by atoms with E-state index < -0.39 is 23.1 Å². The summed E-state index contributed by atoms with van der Waals surface area (Å²) in [5, 5.41) is -0.402. The molecule has 0 spiro atoms. The first kappa shape index (κ1) is 13.7. The molecule has 4 nitrogen and oxygen atoms in total. The van der Waals surface area contributed by atoms with E-state index in [1.807, 2.05) is 0 Å². The molecule has 1 heterocycles. The van der Waals surface area contributed by atoms with Crippen molar-refractivity contribution in [1.82, 2.24) is 9.97 Å². The number of aromatic nitrogens is 2. The van der Waals surface area contributed by atoms with Gasteiger partial charge in [-0.05, 0) is 6.92 Å². The zero-order valence-corrected chi connectivity index (χ0v) is 9.47. The zero-order chi connectivity index (χ0) is 13.1. The fourth-order valence-corrected chi connectivity index (χ4v) is 1.20. The SMILES string of the molecule is CCOC(=O)Cc1cnc(C(F)(F)F)nc1Cl. The highest BCUT2D eigenvalue weighted by Gasteiger charge is 2.35. The van der Waals surface area contributed by atoms with Crippen molar-refractivity contribution in [1.29, 1.82) is 0 Å². The fourth-order valence-electron chi connectivity index (χ4n) is 1.01. The third-order valence-electron chi connectivity index (χ3n) is 1.71. The second-order valence-corrected chi connectivity index (χ2v) is 3.35. The molecule has 0 atom stereocenters. The molecule has 1 aromatic heterocycles. The number of ether oxygens (including phenoxy) is 1. The van der Waals surface area contributed by atoms with Crippen molar-refractivity contribution in [3.05, 3.63) is 22.7 Å². The predicted octanol–water partition coefficient (Wildman–Crippen LogP) is 2.25. The van der Waals surface area contributed by atoms with E-state index in [9.17, 15) is 18.0 Å². The van der Waals surface area contributed by atoms with E-state index in [0.29, 0.717) is 0 Å². The molecule has 0 radical (unpaired) electrons. The van der Waals surface area contributed by atoms with Crippen LogP contribution in [0.1, 0.15) is 18.3 Å². The van der Waals surface area contributed by atoms with Crippen LogP contribution in [0.4, 0.5) is 13.2 Å². The molecule has 0 saturated heterocycles. The summed E-state index contributed by atoms with van der Waals surface area (Å²) in [5.41, 5.74) is 0.0955. The van der Waals surface area contributed by atoms with E-state index in [1.165, 1.54) is 0 Å². The predicted molar refractivity (Wildman–Crippen MR) is 52.4 cm³/mol. The summed E-state index contributed by atoms with van der Waals surface area (Å²) < 4.78 is 41.2. The number of nitrogens with zero attached hydrogens (tertiary/aromatic N) is 2. The molecule has 0 aliphatic rings. The lowest BCUT2D eigenvalue weighted by Crippen LogP contribution is -2.14. The summed E-state index contributed by atoms with van der Waals surface area (Å²) in [4.78, 5) is 17.3. The summed E-state index contributed by atoms with van der Waals surface area (Å²) in [6.07, 6.45) is -4.05. The third-order valence-corrected chi connectivity index (χ3v) is 2.03. The van der Waals surface area contributed by atoms with E-state index in [1.54, 1.807) is 6.92 Å². The highest BCUT2D eigenvalue weighted by molar-refractivity contribution is 6.30. The van der Waals surface area contributed by atoms with Gasteiger partial charge in [0.1, 0.15) is 5.15 Å². The minimum absolute atomic E-state index is 0.0955. The molecule has 0 amide bonds. The maximum Gasteiger partial charge on any atom is 0.451 e. The highest BCUT2D eigenvalue weighted by atomic mass is 35.5. The van der Waals surface area contributed by atoms with Crippen molar-refractivity contribution in [2.24, 2.45) is 0 Å². The minimum atomic E-state index is -4.66. The van der Waals surface area contributed by atoms with Crippen molar-refractivity contribution in [2.45, 2.75) is 19.5 Å². The van der Waals surface area contributed by atoms with Gasteiger partial charge in [-0.2, -0.15) is 13.2 Å². The van der Waals surface area contributed by atoms with Gasteiger partial charge in [0, 0.05) is 11.8 Å². The molecule has 1 rings (SSSR count). The molecule has 0 unspecified atom stereocenters. The van der Waals surface area contributed by atoms with E-state index >= 15 is 0 Å². The molecule has 0 fully saturated rings. The van der Waals surface area contributed by atoms with Gasteiger partial charge < -0.3 is 4.74 Å². The Labute approximate surface area is 99.8 Å². The molecule has 1 aromatic rings. The first-order valence-electron chi connectivity index (χ1n) is 4.58. The van der Waals surface area contributed by atoms with Gasteiger partial charge in [0.2, 0.25) is 5.82 Å². The van der Waals surface area contributed by atoms with Crippen LogP contribution in [0.25, 0.3) is 0 Å². The number of carbonyl (C=O) groups excluding carboxylic acids is 1. The fraction of sp³-hybridized carbons (Fsp3) is 0.444. The summed E-state index contributed by atoms with van der Waals surface area (Å²) in [6, 6.07) is 0. The number of esters is 1. The summed E-state index contributed by atoms with van der Waals surface area (Å²) in [5.74, 6) is -1.94. The maximum absolute atomic E-state index is 12.2. The van der Waals surface area contributed by atoms with Crippen molar-refractivity contribution in [3.63, 3.8) is 0 Å². The molecule has 0 bridgehead atoms. The third kappa shape index (κ3) is 3.85. The second-order valence-electron chi connectivity index (χ2n) is 2.99. The van der Waals surface area contributed by atoms with E-state index in [0.717, 1.165) is 6.20 Å². The average molecular weight is 269 g/mol. The molecule has 0 aromatic carbocycles. The van der Waals surface area contributed by atoms with Crippen LogP contribution in [0, 0.1) is 0 Å². The lowest BCUT2D eigenvalue weighted by atomic mass is 10.2. The Kier molecular flexibility index (Phi) is 4.28. The Morgan fingerprint density at radius 1 is 1.53 bits per heavy atom. The van der Waals surface area contributed by atoms with Crippen molar-refractivity contribution < 1.29 is 22.7 Å². The summed E-state index contributed by atoms with van der Waals surface area (Å²) in [6.45, 7) is 1.79. The monoisotopic (exact) mass is 268 g/mol. The van der Waals surface area contributed by atoms with Crippen LogP contribution in [-0.4, -0.2) is 22.5 Å². The highest BCUT2D eigenvalue weighted by Crippen LogP contribution is 2.27.